The quantitative estimate of drug-likeness (QED) is 0.716. The lowest BCUT2D eigenvalue weighted by Crippen LogP contribution is -2.24. The average Bonchev–Trinajstić information content (AvgIpc) is 2.90. The van der Waals surface area contributed by atoms with Crippen LogP contribution in [0.5, 0.6) is 0 Å². The van der Waals surface area contributed by atoms with Crippen molar-refractivity contribution in [2.45, 2.75) is 13.5 Å². The minimum absolute atomic E-state index is 0.264. The zero-order valence-electron chi connectivity index (χ0n) is 9.97. The van der Waals surface area contributed by atoms with Crippen molar-refractivity contribution in [1.29, 1.82) is 0 Å². The first-order chi connectivity index (χ1) is 8.79. The summed E-state index contributed by atoms with van der Waals surface area (Å²) in [6.45, 7) is 3.11. The summed E-state index contributed by atoms with van der Waals surface area (Å²) in [6.07, 6.45) is 6.20. The minimum atomic E-state index is -0.264. The highest BCUT2D eigenvalue weighted by atomic mass is 16.1. The lowest BCUT2D eigenvalue weighted by Gasteiger charge is -2.04. The standard InChI is InChI=1S/C11H14N6O/c1-2-13-10-6-14-9(5-15-10)11(18)16-4-8-3-12-7-17-8/h3,5-7H,2,4H2,1H3,(H,12,17)(H,13,15)(H,16,18). The van der Waals surface area contributed by atoms with Crippen LogP contribution in [0.2, 0.25) is 0 Å². The number of aromatic nitrogens is 4. The molecule has 0 atom stereocenters. The second-order valence-corrected chi connectivity index (χ2v) is 3.58. The van der Waals surface area contributed by atoms with Crippen LogP contribution in [0, 0.1) is 0 Å². The summed E-state index contributed by atoms with van der Waals surface area (Å²) in [6, 6.07) is 0. The molecule has 0 saturated heterocycles. The molecule has 7 heteroatoms. The Kier molecular flexibility index (Phi) is 3.85. The molecule has 18 heavy (non-hydrogen) atoms. The van der Waals surface area contributed by atoms with Gasteiger partial charge in [0.15, 0.2) is 0 Å². The molecule has 0 saturated carbocycles. The molecule has 2 rings (SSSR count). The highest BCUT2D eigenvalue weighted by Crippen LogP contribution is 2.00. The van der Waals surface area contributed by atoms with E-state index in [1.807, 2.05) is 6.92 Å². The Morgan fingerprint density at radius 1 is 1.33 bits per heavy atom. The van der Waals surface area contributed by atoms with E-state index in [2.05, 4.69) is 30.6 Å². The van der Waals surface area contributed by atoms with E-state index in [-0.39, 0.29) is 11.6 Å². The summed E-state index contributed by atoms with van der Waals surface area (Å²) in [5.41, 5.74) is 1.12. The van der Waals surface area contributed by atoms with E-state index in [1.165, 1.54) is 12.4 Å². The first kappa shape index (κ1) is 12.0. The molecule has 2 heterocycles. The van der Waals surface area contributed by atoms with Crippen molar-refractivity contribution in [1.82, 2.24) is 25.3 Å². The zero-order valence-corrected chi connectivity index (χ0v) is 9.97. The van der Waals surface area contributed by atoms with Crippen molar-refractivity contribution in [2.24, 2.45) is 0 Å². The molecule has 0 spiro atoms. The van der Waals surface area contributed by atoms with Gasteiger partial charge in [0.05, 0.1) is 31.0 Å². The van der Waals surface area contributed by atoms with Crippen molar-refractivity contribution in [2.75, 3.05) is 11.9 Å². The van der Waals surface area contributed by atoms with Crippen LogP contribution in [0.25, 0.3) is 0 Å². The number of carbonyl (C=O) groups excluding carboxylic acids is 1. The third kappa shape index (κ3) is 3.03. The summed E-state index contributed by atoms with van der Waals surface area (Å²) in [5, 5.41) is 5.73. The van der Waals surface area contributed by atoms with Gasteiger partial charge in [-0.25, -0.2) is 15.0 Å². The Bertz CT molecular complexity index is 493. The van der Waals surface area contributed by atoms with Gasteiger partial charge in [0.25, 0.3) is 5.91 Å². The maximum Gasteiger partial charge on any atom is 0.271 e. The third-order valence-electron chi connectivity index (χ3n) is 2.24. The van der Waals surface area contributed by atoms with Crippen LogP contribution < -0.4 is 10.6 Å². The largest absolute Gasteiger partial charge is 0.369 e. The predicted molar refractivity (Wildman–Crippen MR) is 66.0 cm³/mol. The maximum atomic E-state index is 11.7. The molecule has 3 N–H and O–H groups in total. The topological polar surface area (TPSA) is 95.6 Å². The van der Waals surface area contributed by atoms with Crippen LogP contribution in [0.1, 0.15) is 23.1 Å². The van der Waals surface area contributed by atoms with E-state index in [9.17, 15) is 4.79 Å². The molecule has 0 aliphatic carbocycles. The highest BCUT2D eigenvalue weighted by molar-refractivity contribution is 5.91. The van der Waals surface area contributed by atoms with Gasteiger partial charge in [-0.15, -0.1) is 0 Å². The van der Waals surface area contributed by atoms with Gasteiger partial charge in [0, 0.05) is 12.7 Å². The van der Waals surface area contributed by atoms with E-state index in [0.717, 1.165) is 12.2 Å². The van der Waals surface area contributed by atoms with Crippen LogP contribution in [0.3, 0.4) is 0 Å². The van der Waals surface area contributed by atoms with Crippen LogP contribution >= 0.6 is 0 Å². The van der Waals surface area contributed by atoms with Gasteiger partial charge in [-0.05, 0) is 6.92 Å². The molecule has 0 aliphatic rings. The van der Waals surface area contributed by atoms with E-state index in [1.54, 1.807) is 12.5 Å². The number of nitrogens with one attached hydrogen (secondary N) is 3. The second kappa shape index (κ2) is 5.76. The third-order valence-corrected chi connectivity index (χ3v) is 2.24. The first-order valence-corrected chi connectivity index (χ1v) is 5.61. The Morgan fingerprint density at radius 3 is 2.83 bits per heavy atom. The summed E-state index contributed by atoms with van der Waals surface area (Å²) in [5.74, 6) is 0.391. The Morgan fingerprint density at radius 2 is 2.22 bits per heavy atom. The maximum absolute atomic E-state index is 11.7. The van der Waals surface area contributed by atoms with Crippen molar-refractivity contribution in [3.63, 3.8) is 0 Å². The van der Waals surface area contributed by atoms with Gasteiger partial charge >= 0.3 is 0 Å². The summed E-state index contributed by atoms with van der Waals surface area (Å²) in [4.78, 5) is 26.6. The molecule has 7 nitrogen and oxygen atoms in total. The van der Waals surface area contributed by atoms with E-state index in [0.29, 0.717) is 12.4 Å². The van der Waals surface area contributed by atoms with Crippen molar-refractivity contribution in [3.8, 4) is 0 Å². The lowest BCUT2D eigenvalue weighted by molar-refractivity contribution is 0.0945. The van der Waals surface area contributed by atoms with E-state index in [4.69, 9.17) is 0 Å². The van der Waals surface area contributed by atoms with Crippen LogP contribution in [0.15, 0.2) is 24.9 Å². The van der Waals surface area contributed by atoms with Crippen LogP contribution in [-0.2, 0) is 6.54 Å². The molecular weight excluding hydrogens is 232 g/mol. The van der Waals surface area contributed by atoms with Crippen molar-refractivity contribution < 1.29 is 4.79 Å². The molecule has 0 unspecified atom stereocenters. The minimum Gasteiger partial charge on any atom is -0.369 e. The van der Waals surface area contributed by atoms with Crippen molar-refractivity contribution >= 4 is 11.7 Å². The van der Waals surface area contributed by atoms with E-state index < -0.39 is 0 Å². The average molecular weight is 246 g/mol. The van der Waals surface area contributed by atoms with Gasteiger partial charge in [-0.3, -0.25) is 4.79 Å². The van der Waals surface area contributed by atoms with Gasteiger partial charge in [-0.1, -0.05) is 0 Å². The fraction of sp³-hybridized carbons (Fsp3) is 0.273. The molecule has 0 radical (unpaired) electrons. The lowest BCUT2D eigenvalue weighted by atomic mass is 10.4. The number of nitrogens with zero attached hydrogens (tertiary/aromatic N) is 3. The Balaban J connectivity index is 1.92. The first-order valence-electron chi connectivity index (χ1n) is 5.61. The highest BCUT2D eigenvalue weighted by Gasteiger charge is 2.07. The van der Waals surface area contributed by atoms with Gasteiger partial charge in [0.1, 0.15) is 11.5 Å². The monoisotopic (exact) mass is 246 g/mol. The van der Waals surface area contributed by atoms with Crippen molar-refractivity contribution in [3.05, 3.63) is 36.3 Å². The zero-order chi connectivity index (χ0) is 12.8. The van der Waals surface area contributed by atoms with Crippen LogP contribution in [-0.4, -0.2) is 32.4 Å². The molecule has 0 aromatic carbocycles. The second-order valence-electron chi connectivity index (χ2n) is 3.58. The fourth-order valence-electron chi connectivity index (χ4n) is 1.37. The molecule has 0 aliphatic heterocycles. The fourth-order valence-corrected chi connectivity index (χ4v) is 1.37. The van der Waals surface area contributed by atoms with E-state index >= 15 is 0 Å². The number of H-pyrrole nitrogens is 1. The molecular formula is C11H14N6O. The molecule has 0 bridgehead atoms. The summed E-state index contributed by atoms with van der Waals surface area (Å²) < 4.78 is 0. The number of amides is 1. The Hall–Kier alpha value is -2.44. The molecule has 2 aromatic heterocycles. The normalized spacial score (nSPS) is 10.1. The molecule has 0 fully saturated rings. The number of hydrogen-bond donors (Lipinski definition) is 3. The van der Waals surface area contributed by atoms with Crippen LogP contribution in [0.4, 0.5) is 5.82 Å². The van der Waals surface area contributed by atoms with Gasteiger partial charge in [0.2, 0.25) is 0 Å². The summed E-state index contributed by atoms with van der Waals surface area (Å²) in [7, 11) is 0. The van der Waals surface area contributed by atoms with Gasteiger partial charge < -0.3 is 15.6 Å². The summed E-state index contributed by atoms with van der Waals surface area (Å²) >= 11 is 0. The predicted octanol–water partition coefficient (Wildman–Crippen LogP) is 0.561. The SMILES string of the molecule is CCNc1cnc(C(=O)NCc2cnc[nH]2)cn1. The number of anilines is 1. The number of imidazole rings is 1. The molecule has 2 aromatic rings. The van der Waals surface area contributed by atoms with Gasteiger partial charge in [-0.2, -0.15) is 0 Å². The smallest absolute Gasteiger partial charge is 0.271 e. The number of rotatable bonds is 5. The number of aromatic amines is 1. The number of carbonyl (C=O) groups is 1. The number of hydrogen-bond acceptors (Lipinski definition) is 5. The molecule has 1 amide bonds. The Labute approximate surface area is 104 Å². The molecule has 94 valence electrons.